The molecule has 1 aromatic rings. The van der Waals surface area contributed by atoms with E-state index in [4.69, 9.17) is 5.11 Å². The zero-order chi connectivity index (χ0) is 17.6. The van der Waals surface area contributed by atoms with Crippen LogP contribution in [0.25, 0.3) is 0 Å². The Morgan fingerprint density at radius 3 is 2.75 bits per heavy atom. The first-order valence-corrected chi connectivity index (χ1v) is 8.02. The summed E-state index contributed by atoms with van der Waals surface area (Å²) in [6.45, 7) is 1.30. The highest BCUT2D eigenvalue weighted by atomic mass is 19.3. The molecule has 2 rings (SSSR count). The number of aliphatic hydroxyl groups is 1. The Balaban J connectivity index is 1.77. The van der Waals surface area contributed by atoms with Gasteiger partial charge >= 0.3 is 6.03 Å². The van der Waals surface area contributed by atoms with Crippen molar-refractivity contribution in [3.8, 4) is 0 Å². The minimum atomic E-state index is -3.30. The molecular weight excluding hydrogens is 320 g/mol. The van der Waals surface area contributed by atoms with Gasteiger partial charge in [-0.25, -0.2) is 23.5 Å². The third kappa shape index (κ3) is 5.26. The molecule has 0 saturated carbocycles. The predicted octanol–water partition coefficient (Wildman–Crippen LogP) is 0.935. The van der Waals surface area contributed by atoms with E-state index >= 15 is 0 Å². The van der Waals surface area contributed by atoms with Gasteiger partial charge in [0.1, 0.15) is 18.8 Å². The molecule has 1 aliphatic heterocycles. The zero-order valence-electron chi connectivity index (χ0n) is 13.6. The maximum atomic E-state index is 12.9. The van der Waals surface area contributed by atoms with Crippen LogP contribution in [0.3, 0.4) is 0 Å². The van der Waals surface area contributed by atoms with Gasteiger partial charge in [-0.05, 0) is 19.3 Å². The van der Waals surface area contributed by atoms with Crippen molar-refractivity contribution in [3.63, 3.8) is 0 Å². The molecule has 24 heavy (non-hydrogen) atoms. The highest BCUT2D eigenvalue weighted by Gasteiger charge is 2.29. The molecule has 0 bridgehead atoms. The molecular formula is C15H23F2N5O2. The number of hydrogen-bond acceptors (Lipinski definition) is 5. The lowest BCUT2D eigenvalue weighted by Crippen LogP contribution is -2.50. The Kier molecular flexibility index (Phi) is 6.24. The van der Waals surface area contributed by atoms with Crippen LogP contribution in [0, 0.1) is 0 Å². The second kappa shape index (κ2) is 8.18. The van der Waals surface area contributed by atoms with Gasteiger partial charge in [0.2, 0.25) is 0 Å². The van der Waals surface area contributed by atoms with Crippen LogP contribution in [-0.4, -0.2) is 59.3 Å². The number of nitrogens with one attached hydrogen (secondary N) is 2. The quantitative estimate of drug-likeness (QED) is 0.715. The zero-order valence-corrected chi connectivity index (χ0v) is 13.6. The summed E-state index contributed by atoms with van der Waals surface area (Å²) < 4.78 is 25.8. The average Bonchev–Trinajstić information content (AvgIpc) is 2.61. The molecule has 1 saturated heterocycles. The second-order valence-corrected chi connectivity index (χ2v) is 5.82. The van der Waals surface area contributed by atoms with Gasteiger partial charge < -0.3 is 20.6 Å². The number of aromatic nitrogens is 2. The van der Waals surface area contributed by atoms with E-state index in [0.717, 1.165) is 31.0 Å². The molecule has 0 unspecified atom stereocenters. The smallest absolute Gasteiger partial charge is 0.315 e. The van der Waals surface area contributed by atoms with Crippen LogP contribution >= 0.6 is 0 Å². The molecule has 0 atom stereocenters. The number of aryl methyl sites for hydroxylation is 1. The van der Waals surface area contributed by atoms with Crippen LogP contribution in [0.4, 0.5) is 19.4 Å². The van der Waals surface area contributed by atoms with Crippen molar-refractivity contribution in [3.05, 3.63) is 18.1 Å². The number of aliphatic hydroxyl groups excluding tert-OH is 1. The number of piperidine rings is 1. The van der Waals surface area contributed by atoms with Crippen LogP contribution in [0.15, 0.2) is 12.4 Å². The molecule has 1 aromatic heterocycles. The standard InChI is InChI=1S/C15H23F2N5O2/c1-2-11-7-13(20-10-19-11)22-5-3-12(4-6-22)21-14(24)18-8-15(16,17)9-23/h7,10,12,23H,2-6,8-9H2,1H3,(H2,18,21,24). The van der Waals surface area contributed by atoms with Crippen molar-refractivity contribution in [2.45, 2.75) is 38.2 Å². The predicted molar refractivity (Wildman–Crippen MR) is 85.2 cm³/mol. The van der Waals surface area contributed by atoms with Gasteiger partial charge in [-0.15, -0.1) is 0 Å². The van der Waals surface area contributed by atoms with Gasteiger partial charge in [-0.1, -0.05) is 6.92 Å². The minimum absolute atomic E-state index is 0.0727. The molecule has 9 heteroatoms. The number of urea groups is 1. The largest absolute Gasteiger partial charge is 0.390 e. The van der Waals surface area contributed by atoms with Crippen LogP contribution in [0.5, 0.6) is 0 Å². The maximum Gasteiger partial charge on any atom is 0.315 e. The molecule has 0 aliphatic carbocycles. The number of anilines is 1. The number of alkyl halides is 2. The van der Waals surface area contributed by atoms with Crippen molar-refractivity contribution in [1.82, 2.24) is 20.6 Å². The van der Waals surface area contributed by atoms with E-state index in [1.54, 1.807) is 6.33 Å². The molecule has 134 valence electrons. The fourth-order valence-electron chi connectivity index (χ4n) is 2.51. The summed E-state index contributed by atoms with van der Waals surface area (Å²) >= 11 is 0. The van der Waals surface area contributed by atoms with Gasteiger partial charge in [0, 0.05) is 30.9 Å². The number of hydrogen-bond donors (Lipinski definition) is 3. The molecule has 0 radical (unpaired) electrons. The highest BCUT2D eigenvalue weighted by Crippen LogP contribution is 2.18. The summed E-state index contributed by atoms with van der Waals surface area (Å²) in [5.41, 5.74) is 0.976. The topological polar surface area (TPSA) is 90.4 Å². The summed E-state index contributed by atoms with van der Waals surface area (Å²) in [4.78, 5) is 22.2. The first-order valence-electron chi connectivity index (χ1n) is 8.02. The van der Waals surface area contributed by atoms with Crippen molar-refractivity contribution in [1.29, 1.82) is 0 Å². The van der Waals surface area contributed by atoms with Crippen LogP contribution in [0.2, 0.25) is 0 Å². The Morgan fingerprint density at radius 2 is 2.12 bits per heavy atom. The maximum absolute atomic E-state index is 12.9. The van der Waals surface area contributed by atoms with E-state index in [1.165, 1.54) is 0 Å². The molecule has 1 aliphatic rings. The normalized spacial score (nSPS) is 16.1. The summed E-state index contributed by atoms with van der Waals surface area (Å²) in [7, 11) is 0. The number of carbonyl (C=O) groups is 1. The molecule has 0 aromatic carbocycles. The lowest BCUT2D eigenvalue weighted by molar-refractivity contribution is -0.0454. The lowest BCUT2D eigenvalue weighted by Gasteiger charge is -2.33. The Labute approximate surface area is 139 Å². The number of amides is 2. The minimum Gasteiger partial charge on any atom is -0.390 e. The van der Waals surface area contributed by atoms with Crippen molar-refractivity contribution < 1.29 is 18.7 Å². The first kappa shape index (κ1) is 18.3. The van der Waals surface area contributed by atoms with Gasteiger partial charge in [-0.2, -0.15) is 0 Å². The van der Waals surface area contributed by atoms with E-state index in [2.05, 4.69) is 25.5 Å². The Hall–Kier alpha value is -2.03. The summed E-state index contributed by atoms with van der Waals surface area (Å²) in [5, 5.41) is 13.2. The first-order chi connectivity index (χ1) is 11.4. The average molecular weight is 343 g/mol. The molecule has 1 fully saturated rings. The van der Waals surface area contributed by atoms with Crippen molar-refractivity contribution in [2.24, 2.45) is 0 Å². The molecule has 0 spiro atoms. The van der Waals surface area contributed by atoms with Gasteiger partial charge in [-0.3, -0.25) is 0 Å². The Morgan fingerprint density at radius 1 is 1.42 bits per heavy atom. The summed E-state index contributed by atoms with van der Waals surface area (Å²) in [6, 6.07) is 1.24. The fraction of sp³-hybridized carbons (Fsp3) is 0.667. The van der Waals surface area contributed by atoms with E-state index in [9.17, 15) is 13.6 Å². The molecule has 2 heterocycles. The highest BCUT2D eigenvalue weighted by molar-refractivity contribution is 5.74. The van der Waals surface area contributed by atoms with E-state index in [0.29, 0.717) is 12.8 Å². The third-order valence-electron chi connectivity index (χ3n) is 3.96. The van der Waals surface area contributed by atoms with Gasteiger partial charge in [0.25, 0.3) is 5.92 Å². The number of halogens is 2. The van der Waals surface area contributed by atoms with Gasteiger partial charge in [0.05, 0.1) is 6.54 Å². The monoisotopic (exact) mass is 343 g/mol. The molecule has 3 N–H and O–H groups in total. The number of nitrogens with zero attached hydrogens (tertiary/aromatic N) is 3. The van der Waals surface area contributed by atoms with Gasteiger partial charge in [0.15, 0.2) is 0 Å². The van der Waals surface area contributed by atoms with Crippen LogP contribution in [-0.2, 0) is 6.42 Å². The van der Waals surface area contributed by atoms with Crippen LogP contribution in [0.1, 0.15) is 25.5 Å². The van der Waals surface area contributed by atoms with E-state index < -0.39 is 25.1 Å². The molecule has 7 nitrogen and oxygen atoms in total. The van der Waals surface area contributed by atoms with Crippen molar-refractivity contribution in [2.75, 3.05) is 31.1 Å². The lowest BCUT2D eigenvalue weighted by atomic mass is 10.1. The number of rotatable bonds is 6. The second-order valence-electron chi connectivity index (χ2n) is 5.82. The Bertz CT molecular complexity index is 550. The van der Waals surface area contributed by atoms with Crippen LogP contribution < -0.4 is 15.5 Å². The van der Waals surface area contributed by atoms with E-state index in [-0.39, 0.29) is 6.04 Å². The summed E-state index contributed by atoms with van der Waals surface area (Å²) in [6.07, 6.45) is 3.80. The molecule has 2 amide bonds. The summed E-state index contributed by atoms with van der Waals surface area (Å²) in [5.74, 6) is -2.43. The SMILES string of the molecule is CCc1cc(N2CCC(NC(=O)NCC(F)(F)CO)CC2)ncn1. The van der Waals surface area contributed by atoms with Crippen molar-refractivity contribution >= 4 is 11.8 Å². The number of carbonyl (C=O) groups excluding carboxylic acids is 1. The fourth-order valence-corrected chi connectivity index (χ4v) is 2.51. The third-order valence-corrected chi connectivity index (χ3v) is 3.96. The van der Waals surface area contributed by atoms with E-state index in [1.807, 2.05) is 13.0 Å².